The Morgan fingerprint density at radius 3 is 2.49 bits per heavy atom. The van der Waals surface area contributed by atoms with Gasteiger partial charge in [-0.1, -0.05) is 26.8 Å². The average Bonchev–Trinajstić information content (AvgIpc) is 3.36. The molecule has 0 aliphatic carbocycles. The SMILES string of the molecule is COc1c(NC(=O)c2ccc(C)c(Oc3ccnc(N4CCC(=CN(C)C)C4)n3)c2)cc(C(C)(C)C)cc1NS(C)(=O)=O. The minimum Gasteiger partial charge on any atom is -0.492 e. The number of methoxy groups -OCH3 is 1. The van der Waals surface area contributed by atoms with Gasteiger partial charge in [-0.05, 0) is 65.9 Å². The van der Waals surface area contributed by atoms with E-state index in [2.05, 4.69) is 31.1 Å². The smallest absolute Gasteiger partial charge is 0.255 e. The number of benzene rings is 2. The molecule has 0 unspecified atom stereocenters. The summed E-state index contributed by atoms with van der Waals surface area (Å²) in [7, 11) is 1.83. The minimum atomic E-state index is -3.60. The predicted octanol–water partition coefficient (Wildman–Crippen LogP) is 5.16. The molecule has 230 valence electrons. The molecule has 1 fully saturated rings. The zero-order chi connectivity index (χ0) is 31.5. The summed E-state index contributed by atoms with van der Waals surface area (Å²) in [5.41, 5.74) is 3.52. The number of aryl methyl sites for hydroxylation is 1. The Hall–Kier alpha value is -4.32. The van der Waals surface area contributed by atoms with E-state index in [1.165, 1.54) is 12.7 Å². The summed E-state index contributed by atoms with van der Waals surface area (Å²) in [6.45, 7) is 9.44. The summed E-state index contributed by atoms with van der Waals surface area (Å²) in [5, 5.41) is 2.90. The van der Waals surface area contributed by atoms with Gasteiger partial charge < -0.3 is 24.6 Å². The van der Waals surface area contributed by atoms with Crippen molar-refractivity contribution < 1.29 is 22.7 Å². The molecule has 4 rings (SSSR count). The molecule has 0 radical (unpaired) electrons. The first-order valence-electron chi connectivity index (χ1n) is 13.9. The summed E-state index contributed by atoms with van der Waals surface area (Å²) in [5.74, 6) is 1.21. The highest BCUT2D eigenvalue weighted by atomic mass is 32.2. The maximum Gasteiger partial charge on any atom is 0.255 e. The molecule has 0 atom stereocenters. The van der Waals surface area contributed by atoms with Crippen LogP contribution in [0.25, 0.3) is 0 Å². The van der Waals surface area contributed by atoms with E-state index in [9.17, 15) is 13.2 Å². The molecular weight excluding hydrogens is 568 g/mol. The van der Waals surface area contributed by atoms with Crippen molar-refractivity contribution in [3.8, 4) is 17.4 Å². The Balaban J connectivity index is 1.59. The molecule has 1 amide bonds. The summed E-state index contributed by atoms with van der Waals surface area (Å²) >= 11 is 0. The van der Waals surface area contributed by atoms with Gasteiger partial charge in [0.25, 0.3) is 5.91 Å². The first-order chi connectivity index (χ1) is 20.1. The van der Waals surface area contributed by atoms with Gasteiger partial charge in [-0.2, -0.15) is 4.98 Å². The number of amides is 1. The van der Waals surface area contributed by atoms with Crippen LogP contribution in [-0.2, 0) is 15.4 Å². The molecule has 1 aliphatic rings. The Kier molecular flexibility index (Phi) is 9.19. The van der Waals surface area contributed by atoms with Crippen LogP contribution in [0.4, 0.5) is 17.3 Å². The molecule has 3 aromatic rings. The highest BCUT2D eigenvalue weighted by Gasteiger charge is 2.23. The quantitative estimate of drug-likeness (QED) is 0.339. The van der Waals surface area contributed by atoms with Gasteiger partial charge >= 0.3 is 0 Å². The first-order valence-corrected chi connectivity index (χ1v) is 15.8. The normalized spacial score (nSPS) is 14.5. The first kappa shape index (κ1) is 31.6. The lowest BCUT2D eigenvalue weighted by atomic mass is 9.86. The number of carbonyl (C=O) groups is 1. The third-order valence-electron chi connectivity index (χ3n) is 6.81. The van der Waals surface area contributed by atoms with Gasteiger partial charge in [0, 0.05) is 45.0 Å². The Bertz CT molecular complexity index is 1650. The summed E-state index contributed by atoms with van der Waals surface area (Å²) < 4.78 is 38.3. The van der Waals surface area contributed by atoms with E-state index in [0.29, 0.717) is 28.8 Å². The predicted molar refractivity (Wildman–Crippen MR) is 170 cm³/mol. The molecule has 43 heavy (non-hydrogen) atoms. The third-order valence-corrected chi connectivity index (χ3v) is 7.40. The average molecular weight is 609 g/mol. The molecule has 12 heteroatoms. The fourth-order valence-electron chi connectivity index (χ4n) is 4.67. The molecule has 1 aromatic heterocycles. The van der Waals surface area contributed by atoms with Crippen LogP contribution in [0.15, 0.2) is 54.4 Å². The lowest BCUT2D eigenvalue weighted by Gasteiger charge is -2.24. The molecule has 2 heterocycles. The van der Waals surface area contributed by atoms with Gasteiger partial charge in [-0.3, -0.25) is 9.52 Å². The molecule has 0 saturated carbocycles. The van der Waals surface area contributed by atoms with Crippen LogP contribution in [0, 0.1) is 6.92 Å². The van der Waals surface area contributed by atoms with Crippen LogP contribution in [-0.4, -0.2) is 69.7 Å². The van der Waals surface area contributed by atoms with Crippen LogP contribution in [0.3, 0.4) is 0 Å². The molecule has 2 aromatic carbocycles. The van der Waals surface area contributed by atoms with Gasteiger partial charge in [0.15, 0.2) is 5.75 Å². The minimum absolute atomic E-state index is 0.203. The van der Waals surface area contributed by atoms with Gasteiger partial charge in [-0.15, -0.1) is 0 Å². The van der Waals surface area contributed by atoms with Crippen molar-refractivity contribution in [2.24, 2.45) is 0 Å². The topological polar surface area (TPSA) is 126 Å². The molecule has 0 bridgehead atoms. The molecule has 11 nitrogen and oxygen atoms in total. The van der Waals surface area contributed by atoms with Crippen molar-refractivity contribution >= 4 is 33.3 Å². The van der Waals surface area contributed by atoms with Gasteiger partial charge in [0.1, 0.15) is 5.75 Å². The van der Waals surface area contributed by atoms with Crippen molar-refractivity contribution in [2.75, 3.05) is 55.5 Å². The van der Waals surface area contributed by atoms with Gasteiger partial charge in [0.05, 0.1) is 24.7 Å². The van der Waals surface area contributed by atoms with Crippen LogP contribution in [0.5, 0.6) is 17.4 Å². The van der Waals surface area contributed by atoms with Crippen molar-refractivity contribution in [2.45, 2.75) is 39.5 Å². The van der Waals surface area contributed by atoms with E-state index in [4.69, 9.17) is 9.47 Å². The zero-order valence-electron chi connectivity index (χ0n) is 26.0. The number of hydrogen-bond acceptors (Lipinski definition) is 9. The van der Waals surface area contributed by atoms with Gasteiger partial charge in [-0.25, -0.2) is 13.4 Å². The number of ether oxygens (including phenoxy) is 2. The van der Waals surface area contributed by atoms with Crippen LogP contribution >= 0.6 is 0 Å². The van der Waals surface area contributed by atoms with Crippen molar-refractivity contribution in [3.05, 3.63) is 71.1 Å². The Labute approximate surface area is 254 Å². The number of nitrogens with zero attached hydrogens (tertiary/aromatic N) is 4. The maximum atomic E-state index is 13.5. The van der Waals surface area contributed by atoms with E-state index in [-0.39, 0.29) is 16.9 Å². The number of aromatic nitrogens is 2. The number of anilines is 3. The largest absolute Gasteiger partial charge is 0.492 e. The molecule has 1 aliphatic heterocycles. The highest BCUT2D eigenvalue weighted by Crippen LogP contribution is 2.39. The van der Waals surface area contributed by atoms with E-state index in [0.717, 1.165) is 36.9 Å². The van der Waals surface area contributed by atoms with Crippen LogP contribution in [0.2, 0.25) is 0 Å². The fourth-order valence-corrected chi connectivity index (χ4v) is 5.22. The molecule has 2 N–H and O–H groups in total. The second-order valence-electron chi connectivity index (χ2n) is 11.9. The number of sulfonamides is 1. The van der Waals surface area contributed by atoms with Crippen LogP contribution < -0.4 is 24.4 Å². The van der Waals surface area contributed by atoms with E-state index < -0.39 is 15.9 Å². The van der Waals surface area contributed by atoms with E-state index in [1.54, 1.807) is 42.6 Å². The van der Waals surface area contributed by atoms with Crippen molar-refractivity contribution in [1.29, 1.82) is 0 Å². The highest BCUT2D eigenvalue weighted by molar-refractivity contribution is 7.92. The zero-order valence-corrected chi connectivity index (χ0v) is 26.8. The van der Waals surface area contributed by atoms with E-state index in [1.807, 2.05) is 46.7 Å². The lowest BCUT2D eigenvalue weighted by Crippen LogP contribution is -2.21. The number of hydrogen-bond donors (Lipinski definition) is 2. The number of nitrogens with one attached hydrogen (secondary N) is 2. The second kappa shape index (κ2) is 12.5. The third kappa shape index (κ3) is 8.16. The number of rotatable bonds is 9. The molecular formula is C31H40N6O5S. The summed E-state index contributed by atoms with van der Waals surface area (Å²) in [6.07, 6.45) is 5.79. The van der Waals surface area contributed by atoms with Gasteiger partial charge in [0.2, 0.25) is 21.9 Å². The van der Waals surface area contributed by atoms with E-state index >= 15 is 0 Å². The fraction of sp³-hybridized carbons (Fsp3) is 0.387. The summed E-state index contributed by atoms with van der Waals surface area (Å²) in [4.78, 5) is 26.7. The monoisotopic (exact) mass is 608 g/mol. The maximum absolute atomic E-state index is 13.5. The van der Waals surface area contributed by atoms with Crippen molar-refractivity contribution in [3.63, 3.8) is 0 Å². The Morgan fingerprint density at radius 2 is 1.84 bits per heavy atom. The number of carbonyl (C=O) groups excluding carboxylic acids is 1. The second-order valence-corrected chi connectivity index (χ2v) is 13.6. The standard InChI is InChI=1S/C31H40N6O5S/c1-20-9-10-22(15-26(20)42-27-11-13-32-30(34-27)37-14-12-21(19-37)18-36(5)6)29(38)33-24-16-23(31(2,3)4)17-25(28(24)41-7)35-43(8,39)40/h9-11,13,15-18,35H,12,14,19H2,1-8H3,(H,33,38). The van der Waals surface area contributed by atoms with Crippen molar-refractivity contribution in [1.82, 2.24) is 14.9 Å². The molecule has 0 spiro atoms. The summed E-state index contributed by atoms with van der Waals surface area (Å²) in [6, 6.07) is 10.3. The van der Waals surface area contributed by atoms with Crippen LogP contribution in [0.1, 0.15) is 48.7 Å². The Morgan fingerprint density at radius 1 is 1.12 bits per heavy atom. The molecule has 1 saturated heterocycles. The lowest BCUT2D eigenvalue weighted by molar-refractivity contribution is 0.102.